The number of carbonyl (C=O) groups is 2. The lowest BCUT2D eigenvalue weighted by atomic mass is 10.3. The van der Waals surface area contributed by atoms with Gasteiger partial charge in [-0.05, 0) is 21.0 Å². The van der Waals surface area contributed by atoms with Crippen molar-refractivity contribution in [3.8, 4) is 0 Å². The Bertz CT molecular complexity index is 206. The van der Waals surface area contributed by atoms with Gasteiger partial charge in [0, 0.05) is 13.1 Å². The fraction of sp³-hybridized carbons (Fsp3) is 0.750. The molecule has 0 aliphatic heterocycles. The first-order chi connectivity index (χ1) is 6.43. The molecule has 2 amide bonds. The topological polar surface area (TPSA) is 81.7 Å². The summed E-state index contributed by atoms with van der Waals surface area (Å²) < 4.78 is 0. The molecule has 82 valence electrons. The number of amides is 2. The normalized spacial score (nSPS) is 12.3. The van der Waals surface area contributed by atoms with Gasteiger partial charge in [0.25, 0.3) is 0 Å². The number of carboxylic acid groups (broad SMARTS) is 1. The van der Waals surface area contributed by atoms with Crippen molar-refractivity contribution in [2.24, 2.45) is 0 Å². The van der Waals surface area contributed by atoms with Gasteiger partial charge >= 0.3 is 12.0 Å². The molecule has 1 unspecified atom stereocenters. The Morgan fingerprint density at radius 3 is 2.43 bits per heavy atom. The van der Waals surface area contributed by atoms with Gasteiger partial charge in [0.1, 0.15) is 6.04 Å². The van der Waals surface area contributed by atoms with Gasteiger partial charge in [-0.25, -0.2) is 4.79 Å². The largest absolute Gasteiger partial charge is 0.480 e. The number of nitrogens with one attached hydrogen (secondary N) is 2. The predicted octanol–water partition coefficient (Wildman–Crippen LogP) is -0.680. The molecule has 0 bridgehead atoms. The standard InChI is InChI=1S/C8H17N3O3/c1-6(7(12)13)10-8(14)9-4-5-11(2)3/h6H,4-5H2,1-3H3,(H,12,13)(H2,9,10,14). The van der Waals surface area contributed by atoms with Gasteiger partial charge in [-0.2, -0.15) is 0 Å². The van der Waals surface area contributed by atoms with Gasteiger partial charge in [-0.1, -0.05) is 0 Å². The smallest absolute Gasteiger partial charge is 0.325 e. The molecule has 14 heavy (non-hydrogen) atoms. The SMILES string of the molecule is CC(NC(=O)NCCN(C)C)C(=O)O. The van der Waals surface area contributed by atoms with Crippen LogP contribution in [0.5, 0.6) is 0 Å². The van der Waals surface area contributed by atoms with E-state index in [1.54, 1.807) is 0 Å². The zero-order valence-corrected chi connectivity index (χ0v) is 8.70. The quantitative estimate of drug-likeness (QED) is 0.553. The van der Waals surface area contributed by atoms with E-state index in [0.29, 0.717) is 6.54 Å². The van der Waals surface area contributed by atoms with Crippen molar-refractivity contribution in [2.45, 2.75) is 13.0 Å². The number of urea groups is 1. The second-order valence-electron chi connectivity index (χ2n) is 3.26. The first kappa shape index (κ1) is 12.7. The minimum absolute atomic E-state index is 0.457. The molecule has 0 fully saturated rings. The summed E-state index contributed by atoms with van der Waals surface area (Å²) >= 11 is 0. The number of hydrogen-bond acceptors (Lipinski definition) is 3. The maximum absolute atomic E-state index is 11.0. The first-order valence-electron chi connectivity index (χ1n) is 4.35. The lowest BCUT2D eigenvalue weighted by Crippen LogP contribution is -2.45. The molecular formula is C8H17N3O3. The fourth-order valence-corrected chi connectivity index (χ4v) is 0.702. The maximum Gasteiger partial charge on any atom is 0.325 e. The average Bonchev–Trinajstić information content (AvgIpc) is 2.02. The first-order valence-corrected chi connectivity index (χ1v) is 4.35. The van der Waals surface area contributed by atoms with E-state index in [0.717, 1.165) is 6.54 Å². The number of rotatable bonds is 5. The van der Waals surface area contributed by atoms with Gasteiger partial charge in [0.05, 0.1) is 0 Å². The van der Waals surface area contributed by atoms with Crippen LogP contribution in [0.2, 0.25) is 0 Å². The third-order valence-electron chi connectivity index (χ3n) is 1.56. The minimum atomic E-state index is -1.05. The zero-order valence-electron chi connectivity index (χ0n) is 8.70. The maximum atomic E-state index is 11.0. The molecule has 6 heteroatoms. The van der Waals surface area contributed by atoms with E-state index >= 15 is 0 Å². The highest BCUT2D eigenvalue weighted by atomic mass is 16.4. The van der Waals surface area contributed by atoms with E-state index in [1.807, 2.05) is 19.0 Å². The van der Waals surface area contributed by atoms with Crippen LogP contribution >= 0.6 is 0 Å². The summed E-state index contributed by atoms with van der Waals surface area (Å²) in [4.78, 5) is 23.3. The Hall–Kier alpha value is -1.30. The third kappa shape index (κ3) is 6.24. The number of aliphatic carboxylic acids is 1. The Kier molecular flexibility index (Phi) is 5.62. The van der Waals surface area contributed by atoms with Crippen molar-refractivity contribution >= 4 is 12.0 Å². The van der Waals surface area contributed by atoms with E-state index < -0.39 is 18.0 Å². The van der Waals surface area contributed by atoms with Crippen LogP contribution < -0.4 is 10.6 Å². The van der Waals surface area contributed by atoms with Gasteiger partial charge in [-0.3, -0.25) is 4.79 Å². The monoisotopic (exact) mass is 203 g/mol. The lowest BCUT2D eigenvalue weighted by molar-refractivity contribution is -0.138. The molecule has 0 saturated carbocycles. The Labute approximate surface area is 83.3 Å². The van der Waals surface area contributed by atoms with E-state index in [2.05, 4.69) is 10.6 Å². The minimum Gasteiger partial charge on any atom is -0.480 e. The zero-order chi connectivity index (χ0) is 11.1. The molecule has 0 radical (unpaired) electrons. The Balaban J connectivity index is 3.60. The summed E-state index contributed by atoms with van der Waals surface area (Å²) in [7, 11) is 3.78. The van der Waals surface area contributed by atoms with E-state index in [9.17, 15) is 9.59 Å². The van der Waals surface area contributed by atoms with Crippen molar-refractivity contribution in [1.82, 2.24) is 15.5 Å². The molecule has 1 atom stereocenters. The van der Waals surface area contributed by atoms with Crippen LogP contribution in [-0.4, -0.2) is 55.2 Å². The number of likely N-dealkylation sites (N-methyl/N-ethyl adjacent to an activating group) is 1. The molecular weight excluding hydrogens is 186 g/mol. The molecule has 0 aromatic carbocycles. The van der Waals surface area contributed by atoms with Crippen LogP contribution in [0.4, 0.5) is 4.79 Å². The molecule has 6 nitrogen and oxygen atoms in total. The van der Waals surface area contributed by atoms with Crippen LogP contribution in [0.25, 0.3) is 0 Å². The predicted molar refractivity (Wildman–Crippen MR) is 52.2 cm³/mol. The number of hydrogen-bond donors (Lipinski definition) is 3. The molecule has 0 aromatic rings. The molecule has 3 N–H and O–H groups in total. The van der Waals surface area contributed by atoms with Crippen LogP contribution in [-0.2, 0) is 4.79 Å². The fourth-order valence-electron chi connectivity index (χ4n) is 0.702. The molecule has 0 aromatic heterocycles. The van der Waals surface area contributed by atoms with E-state index in [1.165, 1.54) is 6.92 Å². The van der Waals surface area contributed by atoms with E-state index in [4.69, 9.17) is 5.11 Å². The van der Waals surface area contributed by atoms with Gasteiger partial charge in [0.15, 0.2) is 0 Å². The number of carbonyl (C=O) groups excluding carboxylic acids is 1. The molecule has 0 saturated heterocycles. The summed E-state index contributed by atoms with van der Waals surface area (Å²) in [5.74, 6) is -1.05. The van der Waals surface area contributed by atoms with Gasteiger partial charge in [-0.15, -0.1) is 0 Å². The lowest BCUT2D eigenvalue weighted by Gasteiger charge is -2.12. The van der Waals surface area contributed by atoms with Crippen molar-refractivity contribution in [3.05, 3.63) is 0 Å². The van der Waals surface area contributed by atoms with Crippen molar-refractivity contribution in [1.29, 1.82) is 0 Å². The summed E-state index contributed by atoms with van der Waals surface area (Å²) in [6.07, 6.45) is 0. The summed E-state index contributed by atoms with van der Waals surface area (Å²) in [6.45, 7) is 2.62. The molecule has 0 spiro atoms. The number of carboxylic acids is 1. The highest BCUT2D eigenvalue weighted by molar-refractivity contribution is 5.82. The van der Waals surface area contributed by atoms with Gasteiger partial charge < -0.3 is 20.6 Å². The second-order valence-corrected chi connectivity index (χ2v) is 3.26. The van der Waals surface area contributed by atoms with Crippen molar-refractivity contribution in [3.63, 3.8) is 0 Å². The Morgan fingerprint density at radius 1 is 1.43 bits per heavy atom. The third-order valence-corrected chi connectivity index (χ3v) is 1.56. The highest BCUT2D eigenvalue weighted by Gasteiger charge is 2.12. The summed E-state index contributed by atoms with van der Waals surface area (Å²) in [5, 5.41) is 13.3. The van der Waals surface area contributed by atoms with Crippen LogP contribution in [0.15, 0.2) is 0 Å². The van der Waals surface area contributed by atoms with Crippen LogP contribution in [0.3, 0.4) is 0 Å². The second kappa shape index (κ2) is 6.20. The highest BCUT2D eigenvalue weighted by Crippen LogP contribution is 1.80. The van der Waals surface area contributed by atoms with Crippen molar-refractivity contribution in [2.75, 3.05) is 27.2 Å². The van der Waals surface area contributed by atoms with Crippen molar-refractivity contribution < 1.29 is 14.7 Å². The van der Waals surface area contributed by atoms with Crippen LogP contribution in [0, 0.1) is 0 Å². The van der Waals surface area contributed by atoms with Crippen LogP contribution in [0.1, 0.15) is 6.92 Å². The average molecular weight is 203 g/mol. The molecule has 0 heterocycles. The molecule has 0 aliphatic rings. The summed E-state index contributed by atoms with van der Waals surface area (Å²) in [6, 6.07) is -1.32. The number of nitrogens with zero attached hydrogens (tertiary/aromatic N) is 1. The molecule has 0 rings (SSSR count). The van der Waals surface area contributed by atoms with Gasteiger partial charge in [0.2, 0.25) is 0 Å². The Morgan fingerprint density at radius 2 is 2.00 bits per heavy atom. The van der Waals surface area contributed by atoms with E-state index in [-0.39, 0.29) is 0 Å². The molecule has 0 aliphatic carbocycles. The summed E-state index contributed by atoms with van der Waals surface area (Å²) in [5.41, 5.74) is 0.